The van der Waals surface area contributed by atoms with Crippen LogP contribution in [0.5, 0.6) is 0 Å². The Bertz CT molecular complexity index is 709. The second-order valence-corrected chi connectivity index (χ2v) is 13.6. The van der Waals surface area contributed by atoms with E-state index in [4.69, 9.17) is 14.2 Å². The maximum Gasteiger partial charge on any atom is 0.311 e. The normalized spacial score (nSPS) is 30.8. The van der Waals surface area contributed by atoms with Crippen molar-refractivity contribution in [1.82, 2.24) is 0 Å². The van der Waals surface area contributed by atoms with Crippen molar-refractivity contribution in [3.8, 4) is 0 Å². The van der Waals surface area contributed by atoms with E-state index in [1.807, 2.05) is 27.7 Å². The molecule has 0 saturated heterocycles. The summed E-state index contributed by atoms with van der Waals surface area (Å²) >= 11 is 0. The van der Waals surface area contributed by atoms with E-state index in [0.717, 1.165) is 31.8 Å². The standard InChI is InChI=1S/C29H50O5/c1-18(2)15-28(5,6)26(30)33-12-11-32-17-20-9-10-22-21-13-23(25(20)22)24(14-21)34-27(31)29(7,8)16-19(3)4/h18-25H,9-17H2,1-8H3. The van der Waals surface area contributed by atoms with Crippen LogP contribution in [0.1, 0.15) is 93.9 Å². The van der Waals surface area contributed by atoms with Gasteiger partial charge in [0, 0.05) is 6.61 Å². The van der Waals surface area contributed by atoms with Gasteiger partial charge in [0.15, 0.2) is 0 Å². The van der Waals surface area contributed by atoms with Gasteiger partial charge < -0.3 is 14.2 Å². The van der Waals surface area contributed by atoms with Crippen LogP contribution in [-0.2, 0) is 23.8 Å². The van der Waals surface area contributed by atoms with E-state index in [2.05, 4.69) is 27.7 Å². The topological polar surface area (TPSA) is 61.8 Å². The quantitative estimate of drug-likeness (QED) is 0.244. The van der Waals surface area contributed by atoms with Crippen molar-refractivity contribution in [2.24, 2.45) is 52.3 Å². The zero-order valence-corrected chi connectivity index (χ0v) is 23.0. The molecule has 5 nitrogen and oxygen atoms in total. The highest BCUT2D eigenvalue weighted by molar-refractivity contribution is 5.76. The van der Waals surface area contributed by atoms with Crippen LogP contribution in [0.3, 0.4) is 0 Å². The Morgan fingerprint density at radius 1 is 0.824 bits per heavy atom. The maximum atomic E-state index is 12.9. The Kier molecular flexibility index (Phi) is 8.80. The van der Waals surface area contributed by atoms with Gasteiger partial charge in [-0.25, -0.2) is 0 Å². The average Bonchev–Trinajstić information content (AvgIpc) is 3.38. The van der Waals surface area contributed by atoms with Crippen LogP contribution < -0.4 is 0 Å². The lowest BCUT2D eigenvalue weighted by atomic mass is 9.76. The Hall–Kier alpha value is -1.10. The minimum Gasteiger partial charge on any atom is -0.463 e. The predicted molar refractivity (Wildman–Crippen MR) is 134 cm³/mol. The molecule has 3 aliphatic carbocycles. The van der Waals surface area contributed by atoms with E-state index >= 15 is 0 Å². The van der Waals surface area contributed by atoms with Gasteiger partial charge in [0.1, 0.15) is 12.7 Å². The number of fused-ring (bicyclic) bond motifs is 5. The van der Waals surface area contributed by atoms with Crippen LogP contribution >= 0.6 is 0 Å². The molecule has 0 aromatic heterocycles. The summed E-state index contributed by atoms with van der Waals surface area (Å²) in [5, 5.41) is 0. The minimum atomic E-state index is -0.452. The highest BCUT2D eigenvalue weighted by Crippen LogP contribution is 2.61. The third-order valence-corrected chi connectivity index (χ3v) is 8.59. The second kappa shape index (κ2) is 10.9. The van der Waals surface area contributed by atoms with E-state index in [9.17, 15) is 9.59 Å². The molecule has 6 atom stereocenters. The van der Waals surface area contributed by atoms with Gasteiger partial charge in [-0.3, -0.25) is 9.59 Å². The van der Waals surface area contributed by atoms with Crippen molar-refractivity contribution in [2.45, 2.75) is 100 Å². The summed E-state index contributed by atoms with van der Waals surface area (Å²) in [4.78, 5) is 25.3. The molecule has 0 aliphatic heterocycles. The van der Waals surface area contributed by atoms with Crippen molar-refractivity contribution in [2.75, 3.05) is 19.8 Å². The summed E-state index contributed by atoms with van der Waals surface area (Å²) in [6, 6.07) is 0. The van der Waals surface area contributed by atoms with E-state index in [1.165, 1.54) is 19.3 Å². The van der Waals surface area contributed by atoms with Crippen LogP contribution in [-0.4, -0.2) is 37.9 Å². The number of ether oxygens (including phenoxy) is 3. The SMILES string of the molecule is CC(C)CC(C)(C)C(=O)OCCOCC1CCC2C3CC(OC(=O)C(C)(C)CC(C)C)C(C3)C12. The van der Waals surface area contributed by atoms with Crippen molar-refractivity contribution >= 4 is 11.9 Å². The van der Waals surface area contributed by atoms with Gasteiger partial charge in [-0.15, -0.1) is 0 Å². The molecule has 0 amide bonds. The molecular weight excluding hydrogens is 428 g/mol. The lowest BCUT2D eigenvalue weighted by Gasteiger charge is -2.36. The monoisotopic (exact) mass is 478 g/mol. The summed E-state index contributed by atoms with van der Waals surface area (Å²) in [7, 11) is 0. The molecule has 0 radical (unpaired) electrons. The molecule has 3 saturated carbocycles. The molecule has 6 unspecified atom stereocenters. The first-order valence-electron chi connectivity index (χ1n) is 13.8. The molecule has 2 bridgehead atoms. The molecule has 196 valence electrons. The van der Waals surface area contributed by atoms with Gasteiger partial charge in [0.25, 0.3) is 0 Å². The van der Waals surface area contributed by atoms with Gasteiger partial charge in [0.05, 0.1) is 17.4 Å². The van der Waals surface area contributed by atoms with Crippen molar-refractivity contribution in [3.05, 3.63) is 0 Å². The number of hydrogen-bond acceptors (Lipinski definition) is 5. The van der Waals surface area contributed by atoms with Crippen molar-refractivity contribution in [1.29, 1.82) is 0 Å². The number of carbonyl (C=O) groups is 2. The Morgan fingerprint density at radius 3 is 2.06 bits per heavy atom. The molecule has 0 aromatic carbocycles. The van der Waals surface area contributed by atoms with E-state index in [-0.39, 0.29) is 18.0 Å². The summed E-state index contributed by atoms with van der Waals surface area (Å²) in [6.45, 7) is 18.0. The molecule has 34 heavy (non-hydrogen) atoms. The summed E-state index contributed by atoms with van der Waals surface area (Å²) in [5.74, 6) is 3.87. The zero-order chi connectivity index (χ0) is 25.3. The smallest absolute Gasteiger partial charge is 0.311 e. The molecule has 0 spiro atoms. The first-order chi connectivity index (χ1) is 15.8. The first-order valence-corrected chi connectivity index (χ1v) is 13.8. The molecule has 5 heteroatoms. The minimum absolute atomic E-state index is 0.0247. The molecule has 3 fully saturated rings. The molecule has 0 heterocycles. The Balaban J connectivity index is 1.44. The zero-order valence-electron chi connectivity index (χ0n) is 23.0. The van der Waals surface area contributed by atoms with E-state index in [1.54, 1.807) is 0 Å². The number of esters is 2. The highest BCUT2D eigenvalue weighted by Gasteiger charge is 2.58. The molecule has 3 rings (SSSR count). The Labute approximate surface area is 208 Å². The molecular formula is C29H50O5. The van der Waals surface area contributed by atoms with E-state index < -0.39 is 10.8 Å². The molecule has 0 N–H and O–H groups in total. The third-order valence-electron chi connectivity index (χ3n) is 8.59. The van der Waals surface area contributed by atoms with Gasteiger partial charge in [-0.05, 0) is 108 Å². The number of rotatable bonds is 12. The number of carbonyl (C=O) groups excluding carboxylic acids is 2. The van der Waals surface area contributed by atoms with Crippen LogP contribution in [0.15, 0.2) is 0 Å². The largest absolute Gasteiger partial charge is 0.463 e. The first kappa shape index (κ1) is 27.5. The fourth-order valence-corrected chi connectivity index (χ4v) is 7.64. The van der Waals surface area contributed by atoms with Crippen molar-refractivity contribution < 1.29 is 23.8 Å². The molecule has 0 aromatic rings. The van der Waals surface area contributed by atoms with Crippen molar-refractivity contribution in [3.63, 3.8) is 0 Å². The highest BCUT2D eigenvalue weighted by atomic mass is 16.6. The van der Waals surface area contributed by atoms with Gasteiger partial charge in [-0.2, -0.15) is 0 Å². The fourth-order valence-electron chi connectivity index (χ4n) is 7.64. The maximum absolute atomic E-state index is 12.9. The third kappa shape index (κ3) is 6.36. The van der Waals surface area contributed by atoms with Gasteiger partial charge in [-0.1, -0.05) is 27.7 Å². The van der Waals surface area contributed by atoms with Gasteiger partial charge in [0.2, 0.25) is 0 Å². The van der Waals surface area contributed by atoms with Gasteiger partial charge >= 0.3 is 11.9 Å². The Morgan fingerprint density at radius 2 is 1.44 bits per heavy atom. The molecule has 3 aliphatic rings. The van der Waals surface area contributed by atoms with E-state index in [0.29, 0.717) is 48.7 Å². The van der Waals surface area contributed by atoms with Crippen LogP contribution in [0.2, 0.25) is 0 Å². The lowest BCUT2D eigenvalue weighted by molar-refractivity contribution is -0.165. The predicted octanol–water partition coefficient (Wildman–Crippen LogP) is 6.28. The summed E-state index contributed by atoms with van der Waals surface area (Å²) in [5.41, 5.74) is -0.874. The average molecular weight is 479 g/mol. The van der Waals surface area contributed by atoms with Crippen LogP contribution in [0.25, 0.3) is 0 Å². The summed E-state index contributed by atoms with van der Waals surface area (Å²) in [6.07, 6.45) is 6.48. The summed E-state index contributed by atoms with van der Waals surface area (Å²) < 4.78 is 17.7. The number of hydrogen-bond donors (Lipinski definition) is 0. The fraction of sp³-hybridized carbons (Fsp3) is 0.931. The van der Waals surface area contributed by atoms with Crippen LogP contribution in [0, 0.1) is 52.3 Å². The van der Waals surface area contributed by atoms with Crippen LogP contribution in [0.4, 0.5) is 0 Å². The second-order valence-electron chi connectivity index (χ2n) is 13.6. The lowest BCUT2D eigenvalue weighted by Crippen LogP contribution is -2.39.